The molecule has 2 N–H and O–H groups in total. The fourth-order valence-corrected chi connectivity index (χ4v) is 5.73. The number of allylic oxidation sites excluding steroid dienone is 2. The number of carbonyl (C=O) groups excluding carboxylic acids is 2. The van der Waals surface area contributed by atoms with Crippen molar-refractivity contribution in [2.75, 3.05) is 11.5 Å². The first-order chi connectivity index (χ1) is 15.3. The van der Waals surface area contributed by atoms with Gasteiger partial charge in [-0.15, -0.1) is 11.3 Å². The maximum absolute atomic E-state index is 13.2. The number of rotatable bonds is 5. The highest BCUT2D eigenvalue weighted by Crippen LogP contribution is 2.48. The molecule has 1 aliphatic heterocycles. The highest BCUT2D eigenvalue weighted by atomic mass is 79.9. The van der Waals surface area contributed by atoms with Crippen LogP contribution >= 0.6 is 27.3 Å². The van der Waals surface area contributed by atoms with E-state index in [-0.39, 0.29) is 29.5 Å². The summed E-state index contributed by atoms with van der Waals surface area (Å²) in [6, 6.07) is 9.63. The number of nitro groups is 1. The maximum Gasteiger partial charge on any atom is 0.338 e. The van der Waals surface area contributed by atoms with E-state index in [1.165, 1.54) is 23.5 Å². The van der Waals surface area contributed by atoms with E-state index >= 15 is 0 Å². The first-order valence-electron chi connectivity index (χ1n) is 10.1. The van der Waals surface area contributed by atoms with Crippen molar-refractivity contribution in [3.63, 3.8) is 0 Å². The quantitative estimate of drug-likeness (QED) is 0.345. The summed E-state index contributed by atoms with van der Waals surface area (Å²) >= 11 is 4.90. The molecule has 1 aromatic heterocycles. The summed E-state index contributed by atoms with van der Waals surface area (Å²) in [7, 11) is 0. The number of esters is 1. The van der Waals surface area contributed by atoms with Gasteiger partial charge >= 0.3 is 5.97 Å². The normalized spacial score (nSPS) is 18.6. The Kier molecular flexibility index (Phi) is 6.16. The second-order valence-corrected chi connectivity index (χ2v) is 9.83. The molecule has 1 aromatic carbocycles. The van der Waals surface area contributed by atoms with Crippen molar-refractivity contribution in [2.45, 2.75) is 32.1 Å². The van der Waals surface area contributed by atoms with Gasteiger partial charge in [0.15, 0.2) is 5.78 Å². The molecule has 4 rings (SSSR count). The topological polar surface area (TPSA) is 116 Å². The molecule has 0 unspecified atom stereocenters. The Morgan fingerprint density at radius 1 is 1.28 bits per heavy atom. The Hall–Kier alpha value is -2.98. The largest absolute Gasteiger partial charge is 0.463 e. The van der Waals surface area contributed by atoms with Crippen LogP contribution < -0.4 is 10.6 Å². The average molecular weight is 518 g/mol. The second kappa shape index (κ2) is 8.87. The van der Waals surface area contributed by atoms with Gasteiger partial charge < -0.3 is 10.5 Å². The average Bonchev–Trinajstić information content (AvgIpc) is 3.19. The molecule has 2 heterocycles. The standard InChI is InChI=1S/C22H20BrN3O5S/c1-2-31-22(28)20-19(16-10-11-17(23)32-16)18-14(4-3-5-15(18)27)25(21(20)24)12-6-8-13(9-7-12)26(29)30/h6-11,19H,2-5,24H2,1H3/t19-/m1/s1. The lowest BCUT2D eigenvalue weighted by Crippen LogP contribution is -2.40. The smallest absolute Gasteiger partial charge is 0.338 e. The van der Waals surface area contributed by atoms with E-state index in [0.29, 0.717) is 30.5 Å². The van der Waals surface area contributed by atoms with Crippen LogP contribution in [-0.4, -0.2) is 23.3 Å². The van der Waals surface area contributed by atoms with Gasteiger partial charge in [0.25, 0.3) is 5.69 Å². The summed E-state index contributed by atoms with van der Waals surface area (Å²) in [5.74, 6) is -1.08. The van der Waals surface area contributed by atoms with Crippen LogP contribution in [0.4, 0.5) is 11.4 Å². The van der Waals surface area contributed by atoms with E-state index < -0.39 is 16.8 Å². The van der Waals surface area contributed by atoms with Gasteiger partial charge in [-0.2, -0.15) is 0 Å². The molecule has 166 valence electrons. The van der Waals surface area contributed by atoms with Crippen LogP contribution in [-0.2, 0) is 14.3 Å². The third kappa shape index (κ3) is 3.84. The number of nitro benzene ring substituents is 1. The van der Waals surface area contributed by atoms with Gasteiger partial charge in [-0.1, -0.05) is 0 Å². The fourth-order valence-electron chi connectivity index (χ4n) is 4.18. The Morgan fingerprint density at radius 3 is 2.59 bits per heavy atom. The molecule has 2 aliphatic rings. The monoisotopic (exact) mass is 517 g/mol. The lowest BCUT2D eigenvalue weighted by molar-refractivity contribution is -0.384. The molecule has 0 saturated carbocycles. The molecule has 1 aliphatic carbocycles. The number of carbonyl (C=O) groups is 2. The molecule has 0 saturated heterocycles. The molecule has 10 heteroatoms. The number of ketones is 1. The van der Waals surface area contributed by atoms with Gasteiger partial charge in [0.1, 0.15) is 5.82 Å². The van der Waals surface area contributed by atoms with Crippen LogP contribution in [0.1, 0.15) is 37.0 Å². The van der Waals surface area contributed by atoms with Crippen molar-refractivity contribution in [1.29, 1.82) is 0 Å². The predicted molar refractivity (Wildman–Crippen MR) is 124 cm³/mol. The third-order valence-corrected chi connectivity index (χ3v) is 7.17. The summed E-state index contributed by atoms with van der Waals surface area (Å²) < 4.78 is 6.20. The molecular formula is C22H20BrN3O5S. The highest BCUT2D eigenvalue weighted by molar-refractivity contribution is 9.11. The second-order valence-electron chi connectivity index (χ2n) is 7.34. The van der Waals surface area contributed by atoms with Gasteiger partial charge in [0, 0.05) is 40.4 Å². The number of hydrogen-bond donors (Lipinski definition) is 1. The Labute approximate surface area is 196 Å². The van der Waals surface area contributed by atoms with Gasteiger partial charge in [-0.3, -0.25) is 19.8 Å². The van der Waals surface area contributed by atoms with E-state index in [9.17, 15) is 19.7 Å². The summed E-state index contributed by atoms with van der Waals surface area (Å²) in [5, 5.41) is 11.1. The van der Waals surface area contributed by atoms with Crippen LogP contribution in [0.3, 0.4) is 0 Å². The van der Waals surface area contributed by atoms with E-state index in [1.807, 2.05) is 12.1 Å². The van der Waals surface area contributed by atoms with E-state index in [0.717, 1.165) is 14.4 Å². The highest BCUT2D eigenvalue weighted by Gasteiger charge is 2.43. The number of halogens is 1. The number of ether oxygens (including phenoxy) is 1. The van der Waals surface area contributed by atoms with Crippen LogP contribution in [0.5, 0.6) is 0 Å². The minimum absolute atomic E-state index is 0.0398. The molecule has 2 aromatic rings. The fraction of sp³-hybridized carbons (Fsp3) is 0.273. The van der Waals surface area contributed by atoms with E-state index in [4.69, 9.17) is 10.5 Å². The first kappa shape index (κ1) is 22.2. The van der Waals surface area contributed by atoms with E-state index in [2.05, 4.69) is 15.9 Å². The first-order valence-corrected chi connectivity index (χ1v) is 11.7. The zero-order valence-electron chi connectivity index (χ0n) is 17.2. The summed E-state index contributed by atoms with van der Waals surface area (Å²) in [5.41, 5.74) is 8.52. The number of benzene rings is 1. The zero-order chi connectivity index (χ0) is 23.0. The Bertz CT molecular complexity index is 1170. The van der Waals surface area contributed by atoms with Gasteiger partial charge in [-0.05, 0) is 60.0 Å². The molecular weight excluding hydrogens is 498 g/mol. The van der Waals surface area contributed by atoms with Crippen molar-refractivity contribution in [1.82, 2.24) is 0 Å². The van der Waals surface area contributed by atoms with Crippen LogP contribution in [0.2, 0.25) is 0 Å². The number of thiophene rings is 1. The number of hydrogen-bond acceptors (Lipinski definition) is 8. The third-order valence-electron chi connectivity index (χ3n) is 5.49. The van der Waals surface area contributed by atoms with E-state index in [1.54, 1.807) is 24.0 Å². The predicted octanol–water partition coefficient (Wildman–Crippen LogP) is 4.76. The summed E-state index contributed by atoms with van der Waals surface area (Å²) in [4.78, 5) is 39.3. The zero-order valence-corrected chi connectivity index (χ0v) is 19.6. The molecule has 0 bridgehead atoms. The van der Waals surface area contributed by atoms with Crippen molar-refractivity contribution >= 4 is 50.4 Å². The van der Waals surface area contributed by atoms with Crippen LogP contribution in [0.25, 0.3) is 0 Å². The van der Waals surface area contributed by atoms with Crippen molar-refractivity contribution < 1.29 is 19.2 Å². The van der Waals surface area contributed by atoms with Gasteiger partial charge in [0.2, 0.25) is 0 Å². The molecule has 32 heavy (non-hydrogen) atoms. The molecule has 0 amide bonds. The molecule has 8 nitrogen and oxygen atoms in total. The van der Waals surface area contributed by atoms with Crippen molar-refractivity contribution in [2.24, 2.45) is 5.73 Å². The molecule has 1 atom stereocenters. The lowest BCUT2D eigenvalue weighted by atomic mass is 9.77. The SMILES string of the molecule is CCOC(=O)C1=C(N)N(c2ccc([N+](=O)[O-])cc2)C2=C(C(=O)CCC2)[C@H]1c1ccc(Br)s1. The maximum atomic E-state index is 13.2. The summed E-state index contributed by atoms with van der Waals surface area (Å²) in [6.07, 6.45) is 1.63. The lowest BCUT2D eigenvalue weighted by Gasteiger charge is -2.40. The van der Waals surface area contributed by atoms with Crippen LogP contribution in [0, 0.1) is 10.1 Å². The number of anilines is 1. The van der Waals surface area contributed by atoms with Crippen LogP contribution in [0.15, 0.2) is 62.8 Å². The van der Waals surface area contributed by atoms with Crippen molar-refractivity contribution in [3.8, 4) is 0 Å². The molecule has 0 spiro atoms. The number of nitrogens with zero attached hydrogens (tertiary/aromatic N) is 2. The van der Waals surface area contributed by atoms with Gasteiger partial charge in [0.05, 0.1) is 26.8 Å². The minimum atomic E-state index is -0.623. The Balaban J connectivity index is 1.95. The van der Waals surface area contributed by atoms with Crippen molar-refractivity contribution in [3.05, 3.63) is 77.8 Å². The number of nitrogens with two attached hydrogens (primary N) is 1. The molecule has 0 radical (unpaired) electrons. The Morgan fingerprint density at radius 2 is 2.00 bits per heavy atom. The number of Topliss-reactive ketones (excluding diaryl/α,β-unsaturated/α-hetero) is 1. The van der Waals surface area contributed by atoms with Gasteiger partial charge in [-0.25, -0.2) is 4.79 Å². The molecule has 0 fully saturated rings. The number of non-ortho nitro benzene ring substituents is 1. The summed E-state index contributed by atoms with van der Waals surface area (Å²) in [6.45, 7) is 1.87. The minimum Gasteiger partial charge on any atom is -0.463 e.